The molecule has 4 aromatic rings. The second-order valence-corrected chi connectivity index (χ2v) is 7.30. The zero-order valence-electron chi connectivity index (χ0n) is 17.3. The van der Waals surface area contributed by atoms with Crippen LogP contribution < -0.4 is 10.1 Å². The molecule has 0 fully saturated rings. The number of rotatable bonds is 7. The van der Waals surface area contributed by atoms with Crippen LogP contribution in [0.15, 0.2) is 49.1 Å². The maximum Gasteiger partial charge on any atom is 0.295 e. The van der Waals surface area contributed by atoms with E-state index in [1.165, 1.54) is 31.6 Å². The summed E-state index contributed by atoms with van der Waals surface area (Å²) < 4.78 is 33.3. The minimum atomic E-state index is -3.37. The number of aromatic amines is 2. The second kappa shape index (κ2) is 8.39. The average Bonchev–Trinajstić information content (AvgIpc) is 3.50. The molecule has 166 valence electrons. The molecule has 0 radical (unpaired) electrons. The quantitative estimate of drug-likeness (QED) is 0.350. The van der Waals surface area contributed by atoms with Gasteiger partial charge in [-0.1, -0.05) is 18.2 Å². The lowest BCUT2D eigenvalue weighted by molar-refractivity contribution is -0.0556. The number of imidazole rings is 1. The number of carbonyl (C=O) groups excluding carboxylic acids is 1. The number of fused-ring (bicyclic) bond motifs is 1. The van der Waals surface area contributed by atoms with E-state index >= 15 is 0 Å². The molecule has 0 saturated heterocycles. The number of amides is 1. The molecule has 0 aliphatic heterocycles. The third kappa shape index (κ3) is 3.80. The highest BCUT2D eigenvalue weighted by Crippen LogP contribution is 2.37. The SMILES string of the molecule is COc1c(-c2cnc[nH]2)cc(C(=O)N[C@H](C)c2cccc(C(F)(F)CO)c2)c2n[nH]cc12. The maximum atomic E-state index is 13.9. The first-order valence-corrected chi connectivity index (χ1v) is 9.79. The lowest BCUT2D eigenvalue weighted by Gasteiger charge is -2.19. The first-order chi connectivity index (χ1) is 15.4. The number of aliphatic hydroxyl groups is 1. The van der Waals surface area contributed by atoms with Crippen molar-refractivity contribution >= 4 is 16.8 Å². The summed E-state index contributed by atoms with van der Waals surface area (Å²) in [6, 6.07) is 6.68. The van der Waals surface area contributed by atoms with Crippen molar-refractivity contribution < 1.29 is 23.4 Å². The van der Waals surface area contributed by atoms with Crippen LogP contribution >= 0.6 is 0 Å². The Hall–Kier alpha value is -3.79. The Morgan fingerprint density at radius 2 is 2.16 bits per heavy atom. The Morgan fingerprint density at radius 3 is 2.84 bits per heavy atom. The molecule has 4 rings (SSSR count). The number of H-pyrrole nitrogens is 2. The van der Waals surface area contributed by atoms with E-state index in [2.05, 4.69) is 25.5 Å². The molecule has 1 atom stereocenters. The summed E-state index contributed by atoms with van der Waals surface area (Å²) in [5.41, 5.74) is 2.14. The van der Waals surface area contributed by atoms with Gasteiger partial charge in [0.15, 0.2) is 0 Å². The van der Waals surface area contributed by atoms with Crippen molar-refractivity contribution in [2.24, 2.45) is 0 Å². The fraction of sp³-hybridized carbons (Fsp3) is 0.227. The van der Waals surface area contributed by atoms with Crippen LogP contribution in [0.25, 0.3) is 22.2 Å². The van der Waals surface area contributed by atoms with E-state index in [4.69, 9.17) is 9.84 Å². The Bertz CT molecular complexity index is 1250. The number of carbonyl (C=O) groups is 1. The Morgan fingerprint density at radius 1 is 1.34 bits per heavy atom. The van der Waals surface area contributed by atoms with Crippen LogP contribution in [0.5, 0.6) is 5.75 Å². The Balaban J connectivity index is 1.69. The van der Waals surface area contributed by atoms with E-state index in [9.17, 15) is 13.6 Å². The highest BCUT2D eigenvalue weighted by molar-refractivity contribution is 6.09. The lowest BCUT2D eigenvalue weighted by atomic mass is 10.00. The second-order valence-electron chi connectivity index (χ2n) is 7.30. The highest BCUT2D eigenvalue weighted by Gasteiger charge is 2.31. The van der Waals surface area contributed by atoms with Gasteiger partial charge in [-0.25, -0.2) is 4.98 Å². The van der Waals surface area contributed by atoms with Crippen molar-refractivity contribution in [3.05, 3.63) is 65.7 Å². The summed E-state index contributed by atoms with van der Waals surface area (Å²) >= 11 is 0. The minimum absolute atomic E-state index is 0.287. The lowest BCUT2D eigenvalue weighted by Crippen LogP contribution is -2.27. The molecule has 4 N–H and O–H groups in total. The molecule has 0 aliphatic rings. The summed E-state index contributed by atoms with van der Waals surface area (Å²) in [4.78, 5) is 20.2. The van der Waals surface area contributed by atoms with Crippen molar-refractivity contribution in [1.82, 2.24) is 25.5 Å². The summed E-state index contributed by atoms with van der Waals surface area (Å²) in [5, 5.41) is 19.3. The standard InChI is InChI=1S/C22H21F2N5O3/c1-12(13-4-3-5-14(6-13)22(23,24)10-30)28-21(31)16-7-15(18-9-25-11-26-18)20(32-2)17-8-27-29-19(16)17/h3-9,11-12,30H,10H2,1-2H3,(H,25,26)(H,27,29)(H,28,31)/t12-/m1/s1. The molecule has 32 heavy (non-hydrogen) atoms. The van der Waals surface area contributed by atoms with Crippen LogP contribution in [0.4, 0.5) is 8.78 Å². The fourth-order valence-electron chi connectivity index (χ4n) is 3.57. The summed E-state index contributed by atoms with van der Waals surface area (Å²) in [6.07, 6.45) is 4.76. The van der Waals surface area contributed by atoms with Gasteiger partial charge in [-0.15, -0.1) is 0 Å². The van der Waals surface area contributed by atoms with Crippen molar-refractivity contribution in [3.8, 4) is 17.0 Å². The monoisotopic (exact) mass is 441 g/mol. The zero-order chi connectivity index (χ0) is 22.9. The van der Waals surface area contributed by atoms with Gasteiger partial charge in [-0.3, -0.25) is 9.89 Å². The number of benzene rings is 2. The molecule has 2 heterocycles. The van der Waals surface area contributed by atoms with Gasteiger partial charge in [-0.05, 0) is 24.6 Å². The molecule has 10 heteroatoms. The first kappa shape index (κ1) is 21.4. The van der Waals surface area contributed by atoms with Gasteiger partial charge >= 0.3 is 0 Å². The molecule has 1 amide bonds. The Labute approximate surface area is 181 Å². The normalized spacial score (nSPS) is 12.7. The van der Waals surface area contributed by atoms with E-state index in [1.807, 2.05) is 0 Å². The maximum absolute atomic E-state index is 13.9. The number of hydrogen-bond donors (Lipinski definition) is 4. The number of ether oxygens (including phenoxy) is 1. The summed E-state index contributed by atoms with van der Waals surface area (Å²) in [7, 11) is 1.53. The summed E-state index contributed by atoms with van der Waals surface area (Å²) in [5.74, 6) is -3.27. The molecule has 0 unspecified atom stereocenters. The van der Waals surface area contributed by atoms with E-state index in [0.29, 0.717) is 33.5 Å². The third-order valence-electron chi connectivity index (χ3n) is 5.27. The van der Waals surface area contributed by atoms with Crippen LogP contribution in [-0.4, -0.2) is 44.9 Å². The number of nitrogens with zero attached hydrogens (tertiary/aromatic N) is 2. The average molecular weight is 441 g/mol. The molecule has 2 aromatic carbocycles. The van der Waals surface area contributed by atoms with E-state index in [0.717, 1.165) is 0 Å². The van der Waals surface area contributed by atoms with Crippen LogP contribution in [-0.2, 0) is 5.92 Å². The molecule has 2 aromatic heterocycles. The van der Waals surface area contributed by atoms with Crippen molar-refractivity contribution in [2.45, 2.75) is 18.9 Å². The summed E-state index contributed by atoms with van der Waals surface area (Å²) in [6.45, 7) is 0.395. The number of hydrogen-bond acceptors (Lipinski definition) is 5. The number of aliphatic hydroxyl groups excluding tert-OH is 1. The van der Waals surface area contributed by atoms with Gasteiger partial charge in [-0.2, -0.15) is 13.9 Å². The molecular weight excluding hydrogens is 420 g/mol. The number of aromatic nitrogens is 4. The smallest absolute Gasteiger partial charge is 0.295 e. The van der Waals surface area contributed by atoms with Gasteiger partial charge in [0.1, 0.15) is 17.9 Å². The van der Waals surface area contributed by atoms with Crippen molar-refractivity contribution in [1.29, 1.82) is 0 Å². The topological polar surface area (TPSA) is 116 Å². The van der Waals surface area contributed by atoms with Gasteiger partial charge in [0.05, 0.1) is 42.3 Å². The fourth-order valence-corrected chi connectivity index (χ4v) is 3.57. The highest BCUT2D eigenvalue weighted by atomic mass is 19.3. The predicted molar refractivity (Wildman–Crippen MR) is 114 cm³/mol. The first-order valence-electron chi connectivity index (χ1n) is 9.79. The van der Waals surface area contributed by atoms with Gasteiger partial charge in [0.25, 0.3) is 11.8 Å². The van der Waals surface area contributed by atoms with Crippen LogP contribution in [0.2, 0.25) is 0 Å². The van der Waals surface area contributed by atoms with E-state index in [-0.39, 0.29) is 11.1 Å². The molecule has 0 bridgehead atoms. The molecular formula is C22H21F2N5O3. The van der Waals surface area contributed by atoms with E-state index < -0.39 is 24.5 Å². The number of halogens is 2. The zero-order valence-corrected chi connectivity index (χ0v) is 17.3. The van der Waals surface area contributed by atoms with Crippen LogP contribution in [0, 0.1) is 0 Å². The van der Waals surface area contributed by atoms with Crippen molar-refractivity contribution in [3.63, 3.8) is 0 Å². The van der Waals surface area contributed by atoms with Gasteiger partial charge < -0.3 is 20.1 Å². The molecule has 0 aliphatic carbocycles. The third-order valence-corrected chi connectivity index (χ3v) is 5.27. The predicted octanol–water partition coefficient (Wildman–Crippen LogP) is 3.54. The number of methoxy groups -OCH3 is 1. The number of alkyl halides is 2. The molecule has 0 saturated carbocycles. The van der Waals surface area contributed by atoms with Crippen molar-refractivity contribution in [2.75, 3.05) is 13.7 Å². The van der Waals surface area contributed by atoms with Crippen LogP contribution in [0.3, 0.4) is 0 Å². The van der Waals surface area contributed by atoms with Crippen LogP contribution in [0.1, 0.15) is 34.5 Å². The Kier molecular flexibility index (Phi) is 5.62. The largest absolute Gasteiger partial charge is 0.495 e. The minimum Gasteiger partial charge on any atom is -0.495 e. The molecule has 8 nitrogen and oxygen atoms in total. The van der Waals surface area contributed by atoms with Gasteiger partial charge in [0, 0.05) is 17.3 Å². The number of nitrogens with one attached hydrogen (secondary N) is 3. The van der Waals surface area contributed by atoms with Gasteiger partial charge in [0.2, 0.25) is 0 Å². The van der Waals surface area contributed by atoms with E-state index in [1.54, 1.807) is 31.5 Å². The molecule has 0 spiro atoms.